The van der Waals surface area contributed by atoms with E-state index >= 15 is 0 Å². The molecule has 2 aromatic carbocycles. The van der Waals surface area contributed by atoms with Gasteiger partial charge in [-0.05, 0) is 56.1 Å². The highest BCUT2D eigenvalue weighted by Gasteiger charge is 2.21. The third-order valence-electron chi connectivity index (χ3n) is 5.90. The van der Waals surface area contributed by atoms with Gasteiger partial charge in [0.1, 0.15) is 5.75 Å². The predicted octanol–water partition coefficient (Wildman–Crippen LogP) is 2.35. The Morgan fingerprint density at radius 3 is 2.39 bits per heavy atom. The van der Waals surface area contributed by atoms with Crippen LogP contribution in [0.5, 0.6) is 5.75 Å². The van der Waals surface area contributed by atoms with E-state index < -0.39 is 6.10 Å². The van der Waals surface area contributed by atoms with E-state index in [1.54, 1.807) is 24.3 Å². The molecule has 0 saturated carbocycles. The fraction of sp³-hybridized carbons (Fsp3) is 0.480. The van der Waals surface area contributed by atoms with E-state index in [2.05, 4.69) is 43.2 Å². The van der Waals surface area contributed by atoms with Gasteiger partial charge in [-0.25, -0.2) is 0 Å². The number of nitrogens with one attached hydrogen (secondary N) is 1. The number of amides is 1. The molecule has 0 aliphatic carbocycles. The van der Waals surface area contributed by atoms with Crippen LogP contribution in [0, 0.1) is 0 Å². The maximum atomic E-state index is 12.7. The second kappa shape index (κ2) is 10.3. The molecule has 1 saturated heterocycles. The van der Waals surface area contributed by atoms with Gasteiger partial charge in [-0.2, -0.15) is 0 Å². The summed E-state index contributed by atoms with van der Waals surface area (Å²) in [5, 5.41) is 23.3. The van der Waals surface area contributed by atoms with Gasteiger partial charge in [0.05, 0.1) is 12.5 Å². The van der Waals surface area contributed by atoms with Crippen molar-refractivity contribution in [1.82, 2.24) is 15.1 Å². The topological polar surface area (TPSA) is 76.0 Å². The first-order chi connectivity index (χ1) is 14.7. The van der Waals surface area contributed by atoms with Crippen LogP contribution in [0.3, 0.4) is 0 Å². The van der Waals surface area contributed by atoms with Crippen molar-refractivity contribution in [1.29, 1.82) is 0 Å². The van der Waals surface area contributed by atoms with Crippen molar-refractivity contribution in [3.63, 3.8) is 0 Å². The van der Waals surface area contributed by atoms with Gasteiger partial charge >= 0.3 is 0 Å². The third kappa shape index (κ3) is 7.06. The normalized spacial score (nSPS) is 16.3. The summed E-state index contributed by atoms with van der Waals surface area (Å²) in [7, 11) is 2.09. The SMILES string of the molecule is CN1CCN(C(=O)Cc2cccc(CC(C)(C)NCC(O)c3ccc(O)cc3)c2)CC1. The summed E-state index contributed by atoms with van der Waals surface area (Å²) in [6, 6.07) is 14.9. The summed E-state index contributed by atoms with van der Waals surface area (Å²) in [5.41, 5.74) is 2.75. The number of aliphatic hydroxyl groups excluding tert-OH is 1. The van der Waals surface area contributed by atoms with Gasteiger partial charge in [0, 0.05) is 38.3 Å². The molecule has 1 heterocycles. The minimum Gasteiger partial charge on any atom is -0.508 e. The number of nitrogens with zero attached hydrogens (tertiary/aromatic N) is 2. The molecule has 0 radical (unpaired) electrons. The molecular formula is C25H35N3O3. The Hall–Kier alpha value is -2.41. The molecular weight excluding hydrogens is 390 g/mol. The lowest BCUT2D eigenvalue weighted by Gasteiger charge is -2.32. The van der Waals surface area contributed by atoms with Crippen LogP contribution in [0.4, 0.5) is 0 Å². The zero-order valence-electron chi connectivity index (χ0n) is 18.8. The minimum atomic E-state index is -0.646. The van der Waals surface area contributed by atoms with Crippen LogP contribution >= 0.6 is 0 Å². The molecule has 6 nitrogen and oxygen atoms in total. The second-order valence-corrected chi connectivity index (χ2v) is 9.23. The summed E-state index contributed by atoms with van der Waals surface area (Å²) >= 11 is 0. The average molecular weight is 426 g/mol. The summed E-state index contributed by atoms with van der Waals surface area (Å²) < 4.78 is 0. The molecule has 1 aliphatic heterocycles. The van der Waals surface area contributed by atoms with Crippen LogP contribution in [0.1, 0.15) is 36.6 Å². The van der Waals surface area contributed by atoms with Gasteiger partial charge in [0.15, 0.2) is 0 Å². The maximum absolute atomic E-state index is 12.7. The number of likely N-dealkylation sites (N-methyl/N-ethyl adjacent to an activating group) is 1. The van der Waals surface area contributed by atoms with Crippen LogP contribution in [0.2, 0.25) is 0 Å². The van der Waals surface area contributed by atoms with E-state index in [0.29, 0.717) is 13.0 Å². The Bertz CT molecular complexity index is 859. The zero-order chi connectivity index (χ0) is 22.4. The molecule has 168 valence electrons. The van der Waals surface area contributed by atoms with Crippen LogP contribution < -0.4 is 5.32 Å². The number of carbonyl (C=O) groups excluding carboxylic acids is 1. The Kier molecular flexibility index (Phi) is 7.70. The number of β-amino-alcohol motifs (C(OH)–C–C–N with tert-alkyl or cyclic N) is 1. The Morgan fingerprint density at radius 1 is 1.06 bits per heavy atom. The standard InChI is InChI=1S/C25H35N3O3/c1-25(2,26-18-23(30)21-7-9-22(29)10-8-21)17-20-6-4-5-19(15-20)16-24(31)28-13-11-27(3)12-14-28/h4-10,15,23,26,29-30H,11-14,16-18H2,1-3H3. The highest BCUT2D eigenvalue weighted by Crippen LogP contribution is 2.19. The largest absolute Gasteiger partial charge is 0.508 e. The fourth-order valence-electron chi connectivity index (χ4n) is 3.95. The van der Waals surface area contributed by atoms with Crippen LogP contribution in [-0.2, 0) is 17.6 Å². The summed E-state index contributed by atoms with van der Waals surface area (Å²) in [4.78, 5) is 16.9. The molecule has 3 rings (SSSR count). The molecule has 0 spiro atoms. The summed E-state index contributed by atoms with van der Waals surface area (Å²) in [5.74, 6) is 0.384. The Labute approximate surface area is 185 Å². The van der Waals surface area contributed by atoms with Gasteiger partial charge in [-0.1, -0.05) is 36.4 Å². The number of aromatic hydroxyl groups is 1. The molecule has 1 amide bonds. The van der Waals surface area contributed by atoms with Crippen LogP contribution in [0.25, 0.3) is 0 Å². The molecule has 0 aromatic heterocycles. The first-order valence-corrected chi connectivity index (χ1v) is 11.0. The van der Waals surface area contributed by atoms with Crippen LogP contribution in [0.15, 0.2) is 48.5 Å². The number of benzene rings is 2. The molecule has 2 aromatic rings. The van der Waals surface area contributed by atoms with E-state index in [9.17, 15) is 15.0 Å². The van der Waals surface area contributed by atoms with Gasteiger partial charge in [0.2, 0.25) is 5.91 Å². The molecule has 31 heavy (non-hydrogen) atoms. The van der Waals surface area contributed by atoms with Gasteiger partial charge in [-0.15, -0.1) is 0 Å². The number of carbonyl (C=O) groups is 1. The summed E-state index contributed by atoms with van der Waals surface area (Å²) in [6.07, 6.45) is 0.573. The van der Waals surface area contributed by atoms with E-state index in [4.69, 9.17) is 0 Å². The second-order valence-electron chi connectivity index (χ2n) is 9.23. The first kappa shape index (κ1) is 23.3. The summed E-state index contributed by atoms with van der Waals surface area (Å²) in [6.45, 7) is 8.10. The van der Waals surface area contributed by atoms with Crippen molar-refractivity contribution >= 4 is 5.91 Å². The number of rotatable bonds is 8. The lowest BCUT2D eigenvalue weighted by Crippen LogP contribution is -2.47. The van der Waals surface area contributed by atoms with Crippen LogP contribution in [-0.4, -0.2) is 71.2 Å². The number of hydrogen-bond donors (Lipinski definition) is 3. The van der Waals surface area contributed by atoms with Crippen molar-refractivity contribution in [3.05, 3.63) is 65.2 Å². The Morgan fingerprint density at radius 2 is 1.71 bits per heavy atom. The first-order valence-electron chi connectivity index (χ1n) is 11.0. The molecule has 0 bridgehead atoms. The molecule has 1 unspecified atom stereocenters. The van der Waals surface area contributed by atoms with Crippen molar-refractivity contribution in [2.45, 2.75) is 38.3 Å². The van der Waals surface area contributed by atoms with E-state index in [-0.39, 0.29) is 17.2 Å². The fourth-order valence-corrected chi connectivity index (χ4v) is 3.95. The highest BCUT2D eigenvalue weighted by molar-refractivity contribution is 5.79. The van der Waals surface area contributed by atoms with Gasteiger partial charge in [0.25, 0.3) is 0 Å². The lowest BCUT2D eigenvalue weighted by atomic mass is 9.93. The molecule has 3 N–H and O–H groups in total. The van der Waals surface area contributed by atoms with Crippen molar-refractivity contribution in [2.75, 3.05) is 39.8 Å². The minimum absolute atomic E-state index is 0.190. The average Bonchev–Trinajstić information content (AvgIpc) is 2.73. The predicted molar refractivity (Wildman–Crippen MR) is 123 cm³/mol. The number of piperazine rings is 1. The van der Waals surface area contributed by atoms with Crippen molar-refractivity contribution in [3.8, 4) is 5.75 Å². The van der Waals surface area contributed by atoms with Gasteiger partial charge in [-0.3, -0.25) is 4.79 Å². The maximum Gasteiger partial charge on any atom is 0.227 e. The lowest BCUT2D eigenvalue weighted by molar-refractivity contribution is -0.132. The molecule has 1 fully saturated rings. The van der Waals surface area contributed by atoms with E-state index in [1.807, 2.05) is 17.0 Å². The van der Waals surface area contributed by atoms with Crippen molar-refractivity contribution in [2.24, 2.45) is 0 Å². The third-order valence-corrected chi connectivity index (χ3v) is 5.90. The number of aliphatic hydroxyl groups is 1. The van der Waals surface area contributed by atoms with Gasteiger partial charge < -0.3 is 25.3 Å². The van der Waals surface area contributed by atoms with E-state index in [1.165, 1.54) is 5.56 Å². The zero-order valence-corrected chi connectivity index (χ0v) is 18.8. The van der Waals surface area contributed by atoms with E-state index in [0.717, 1.165) is 43.7 Å². The van der Waals surface area contributed by atoms with Crippen molar-refractivity contribution < 1.29 is 15.0 Å². The molecule has 6 heteroatoms. The molecule has 1 atom stereocenters. The smallest absolute Gasteiger partial charge is 0.227 e. The quantitative estimate of drug-likeness (QED) is 0.605. The highest BCUT2D eigenvalue weighted by atomic mass is 16.3. The molecule has 1 aliphatic rings. The number of phenolic OH excluding ortho intramolecular Hbond substituents is 1. The Balaban J connectivity index is 1.53. The number of hydrogen-bond acceptors (Lipinski definition) is 5. The monoisotopic (exact) mass is 425 g/mol. The number of phenols is 1.